The van der Waals surface area contributed by atoms with Crippen molar-refractivity contribution in [2.45, 2.75) is 56.4 Å². The molecule has 3 nitrogen and oxygen atoms in total. The van der Waals surface area contributed by atoms with Crippen LogP contribution in [0, 0.1) is 0 Å². The van der Waals surface area contributed by atoms with E-state index in [-0.39, 0.29) is 5.91 Å². The van der Waals surface area contributed by atoms with E-state index in [1.54, 1.807) is 17.8 Å². The number of amides is 1. The molecule has 1 aliphatic heterocycles. The Kier molecular flexibility index (Phi) is 6.51. The summed E-state index contributed by atoms with van der Waals surface area (Å²) in [5, 5.41) is 3.07. The van der Waals surface area contributed by atoms with Crippen LogP contribution in [0.2, 0.25) is 0 Å². The minimum absolute atomic E-state index is 0.0667. The molecule has 4 heteroatoms. The van der Waals surface area contributed by atoms with Crippen LogP contribution in [0.5, 0.6) is 0 Å². The first-order chi connectivity index (χ1) is 12.7. The van der Waals surface area contributed by atoms with Gasteiger partial charge in [0.1, 0.15) is 0 Å². The summed E-state index contributed by atoms with van der Waals surface area (Å²) in [7, 11) is 0. The molecule has 0 atom stereocenters. The summed E-state index contributed by atoms with van der Waals surface area (Å²) in [6, 6.07) is 8.68. The third-order valence-electron chi connectivity index (χ3n) is 4.69. The zero-order valence-electron chi connectivity index (χ0n) is 15.3. The number of rotatable bonds is 6. The van der Waals surface area contributed by atoms with Crippen molar-refractivity contribution in [3.8, 4) is 0 Å². The molecule has 1 aromatic carbocycles. The van der Waals surface area contributed by atoms with Gasteiger partial charge in [0.25, 0.3) is 5.91 Å². The van der Waals surface area contributed by atoms with Crippen molar-refractivity contribution in [2.75, 3.05) is 0 Å². The number of carbonyl (C=O) groups excluding carboxylic acids is 1. The van der Waals surface area contributed by atoms with Gasteiger partial charge in [0.2, 0.25) is 0 Å². The lowest BCUT2D eigenvalue weighted by Crippen LogP contribution is -2.33. The van der Waals surface area contributed by atoms with Gasteiger partial charge in [-0.25, -0.2) is 0 Å². The zero-order valence-corrected chi connectivity index (χ0v) is 16.1. The summed E-state index contributed by atoms with van der Waals surface area (Å²) in [6.45, 7) is 6.09. The molecule has 1 N–H and O–H groups in total. The molecule has 1 saturated carbocycles. The Hall–Kier alpha value is -2.07. The fraction of sp³-hybridized carbons (Fsp3) is 0.364. The molecule has 136 valence electrons. The summed E-state index contributed by atoms with van der Waals surface area (Å²) in [5.41, 5.74) is 2.82. The number of hydrogen-bond donors (Lipinski definition) is 1. The number of carbonyl (C=O) groups is 1. The first-order valence-corrected chi connectivity index (χ1v) is 10.2. The number of fused-ring (bicyclic) bond motifs is 1. The van der Waals surface area contributed by atoms with Crippen LogP contribution in [0.25, 0.3) is 0 Å². The van der Waals surface area contributed by atoms with Gasteiger partial charge in [-0.15, -0.1) is 0 Å². The first kappa shape index (κ1) is 18.7. The normalized spacial score (nSPS) is 17.4. The molecule has 2 aliphatic rings. The highest BCUT2D eigenvalue weighted by atomic mass is 32.2. The van der Waals surface area contributed by atoms with Crippen LogP contribution in [0.1, 0.15) is 51.0 Å². The predicted octanol–water partition coefficient (Wildman–Crippen LogP) is 5.39. The largest absolute Gasteiger partial charge is 0.349 e. The Morgan fingerprint density at radius 3 is 2.88 bits per heavy atom. The predicted molar refractivity (Wildman–Crippen MR) is 111 cm³/mol. The van der Waals surface area contributed by atoms with Crippen molar-refractivity contribution in [2.24, 2.45) is 4.99 Å². The molecule has 1 fully saturated rings. The van der Waals surface area contributed by atoms with E-state index in [4.69, 9.17) is 4.99 Å². The summed E-state index contributed by atoms with van der Waals surface area (Å²) >= 11 is 1.68. The molecule has 0 saturated heterocycles. The van der Waals surface area contributed by atoms with Crippen LogP contribution in [-0.4, -0.2) is 17.7 Å². The third-order valence-corrected chi connectivity index (χ3v) is 5.74. The summed E-state index contributed by atoms with van der Waals surface area (Å²) in [6.07, 6.45) is 12.2. The molecule has 0 radical (unpaired) electrons. The fourth-order valence-electron chi connectivity index (χ4n) is 3.28. The smallest absolute Gasteiger partial charge is 0.250 e. The van der Waals surface area contributed by atoms with Gasteiger partial charge in [-0.05, 0) is 37.5 Å². The number of nitrogens with zero attached hydrogens (tertiary/aromatic N) is 1. The van der Waals surface area contributed by atoms with E-state index in [2.05, 4.69) is 43.1 Å². The van der Waals surface area contributed by atoms with Gasteiger partial charge in [-0.2, -0.15) is 0 Å². The van der Waals surface area contributed by atoms with Crippen LogP contribution < -0.4 is 5.32 Å². The third kappa shape index (κ3) is 4.76. The molecule has 0 spiro atoms. The topological polar surface area (TPSA) is 41.5 Å². The van der Waals surface area contributed by atoms with E-state index < -0.39 is 0 Å². The number of nitrogens with one attached hydrogen (secondary N) is 1. The highest BCUT2D eigenvalue weighted by Crippen LogP contribution is 2.34. The van der Waals surface area contributed by atoms with E-state index in [1.807, 2.05) is 12.3 Å². The SMILES string of the molecule is C=C(C=CC1=CN=C(CCC)c2ccccc2S1)C(=O)NC1CCCC1. The van der Waals surface area contributed by atoms with Crippen molar-refractivity contribution in [3.63, 3.8) is 0 Å². The van der Waals surface area contributed by atoms with Crippen LogP contribution in [0.4, 0.5) is 0 Å². The Morgan fingerprint density at radius 2 is 2.12 bits per heavy atom. The maximum absolute atomic E-state index is 12.3. The van der Waals surface area contributed by atoms with Crippen molar-refractivity contribution < 1.29 is 4.79 Å². The maximum atomic E-state index is 12.3. The lowest BCUT2D eigenvalue weighted by Gasteiger charge is -2.11. The number of aliphatic imine (C=N–C) groups is 1. The maximum Gasteiger partial charge on any atom is 0.250 e. The second-order valence-electron chi connectivity index (χ2n) is 6.77. The summed E-state index contributed by atoms with van der Waals surface area (Å²) in [4.78, 5) is 19.2. The Labute approximate surface area is 160 Å². The van der Waals surface area contributed by atoms with Gasteiger partial charge in [0, 0.05) is 38.9 Å². The van der Waals surface area contributed by atoms with Gasteiger partial charge in [0.15, 0.2) is 0 Å². The van der Waals surface area contributed by atoms with E-state index in [0.717, 1.165) is 36.3 Å². The van der Waals surface area contributed by atoms with E-state index in [1.165, 1.54) is 23.3 Å². The summed E-state index contributed by atoms with van der Waals surface area (Å²) in [5.74, 6) is -0.0667. The van der Waals surface area contributed by atoms with Gasteiger partial charge in [-0.1, -0.05) is 62.7 Å². The van der Waals surface area contributed by atoms with E-state index >= 15 is 0 Å². The van der Waals surface area contributed by atoms with Crippen molar-refractivity contribution >= 4 is 23.4 Å². The standard InChI is InChI=1S/C22H26N2OS/c1-3-8-20-19-11-6-7-12-21(19)26-18(15-23-20)14-13-16(2)22(25)24-17-9-4-5-10-17/h6-7,11-15,17H,2-5,8-10H2,1H3,(H,24,25). The molecule has 1 amide bonds. The second-order valence-corrected chi connectivity index (χ2v) is 7.88. The Morgan fingerprint density at radius 1 is 1.35 bits per heavy atom. The van der Waals surface area contributed by atoms with Crippen molar-refractivity contribution in [1.82, 2.24) is 5.32 Å². The van der Waals surface area contributed by atoms with Crippen molar-refractivity contribution in [3.05, 3.63) is 65.2 Å². The average molecular weight is 367 g/mol. The molecular formula is C22H26N2OS. The van der Waals surface area contributed by atoms with Crippen LogP contribution in [0.15, 0.2) is 69.6 Å². The number of hydrogen-bond acceptors (Lipinski definition) is 3. The van der Waals surface area contributed by atoms with Crippen LogP contribution in [0.3, 0.4) is 0 Å². The van der Waals surface area contributed by atoms with E-state index in [9.17, 15) is 4.79 Å². The monoisotopic (exact) mass is 366 g/mol. The van der Waals surface area contributed by atoms with Gasteiger partial charge in [-0.3, -0.25) is 9.79 Å². The fourth-order valence-corrected chi connectivity index (χ4v) is 4.22. The Bertz CT molecular complexity index is 770. The first-order valence-electron chi connectivity index (χ1n) is 9.39. The zero-order chi connectivity index (χ0) is 18.4. The van der Waals surface area contributed by atoms with Crippen molar-refractivity contribution in [1.29, 1.82) is 0 Å². The molecular weight excluding hydrogens is 340 g/mol. The number of benzene rings is 1. The molecule has 3 rings (SSSR count). The quantitative estimate of drug-likeness (QED) is 0.541. The molecule has 1 heterocycles. The van der Waals surface area contributed by atoms with Gasteiger partial charge in [0.05, 0.1) is 0 Å². The van der Waals surface area contributed by atoms with Crippen LogP contribution >= 0.6 is 11.8 Å². The lowest BCUT2D eigenvalue weighted by molar-refractivity contribution is -0.117. The highest BCUT2D eigenvalue weighted by Gasteiger charge is 2.18. The molecule has 0 bridgehead atoms. The number of allylic oxidation sites excluding steroid dienone is 1. The number of thioether (sulfide) groups is 1. The van der Waals surface area contributed by atoms with Gasteiger partial charge < -0.3 is 5.32 Å². The van der Waals surface area contributed by atoms with E-state index in [0.29, 0.717) is 11.6 Å². The van der Waals surface area contributed by atoms with Gasteiger partial charge >= 0.3 is 0 Å². The lowest BCUT2D eigenvalue weighted by atomic mass is 10.1. The Balaban J connectivity index is 1.70. The molecule has 0 aromatic heterocycles. The average Bonchev–Trinajstić information content (AvgIpc) is 3.09. The second kappa shape index (κ2) is 9.04. The molecule has 1 aliphatic carbocycles. The molecule has 26 heavy (non-hydrogen) atoms. The minimum atomic E-state index is -0.0667. The molecule has 0 unspecified atom stereocenters. The highest BCUT2D eigenvalue weighted by molar-refractivity contribution is 8.03. The van der Waals surface area contributed by atoms with Crippen LogP contribution in [-0.2, 0) is 4.79 Å². The summed E-state index contributed by atoms with van der Waals surface area (Å²) < 4.78 is 0. The minimum Gasteiger partial charge on any atom is -0.349 e. The molecule has 1 aromatic rings.